The molecule has 0 saturated heterocycles. The summed E-state index contributed by atoms with van der Waals surface area (Å²) < 4.78 is 0. The maximum absolute atomic E-state index is 12.9. The van der Waals surface area contributed by atoms with Crippen LogP contribution in [0.5, 0.6) is 0 Å². The first-order valence-corrected chi connectivity index (χ1v) is 10.9. The molecule has 0 fully saturated rings. The van der Waals surface area contributed by atoms with Gasteiger partial charge in [-0.2, -0.15) is 0 Å². The van der Waals surface area contributed by atoms with E-state index in [4.69, 9.17) is 11.6 Å². The van der Waals surface area contributed by atoms with Crippen LogP contribution in [0.2, 0.25) is 5.02 Å². The number of benzene rings is 2. The highest BCUT2D eigenvalue weighted by molar-refractivity contribution is 7.17. The van der Waals surface area contributed by atoms with Gasteiger partial charge in [0.05, 0.1) is 4.88 Å². The Hall–Kier alpha value is -2.96. The molecule has 0 bridgehead atoms. The summed E-state index contributed by atoms with van der Waals surface area (Å²) in [4.78, 5) is 38.0. The Morgan fingerprint density at radius 1 is 0.871 bits per heavy atom. The SMILES string of the molecule is O=C(CC(CCCc1ccccc1)(C(=O)O)C(=O)O)c1ccc(-c2ccc(Cl)cc2)s1. The lowest BCUT2D eigenvalue weighted by atomic mass is 9.77. The minimum atomic E-state index is -2.16. The number of aliphatic carboxylic acids is 2. The van der Waals surface area contributed by atoms with Crippen LogP contribution in [-0.4, -0.2) is 27.9 Å². The fourth-order valence-corrected chi connectivity index (χ4v) is 4.48. The molecule has 0 saturated carbocycles. The standard InChI is InChI=1S/C24H21ClO5S/c25-18-10-8-17(9-11-18)20-12-13-21(31-20)19(26)15-24(22(27)28,23(29)30)14-4-7-16-5-2-1-3-6-16/h1-3,5-6,8-13H,4,7,14-15H2,(H,27,28)(H,29,30). The molecule has 0 radical (unpaired) electrons. The number of aryl methyl sites for hydroxylation is 1. The largest absolute Gasteiger partial charge is 0.480 e. The van der Waals surface area contributed by atoms with Gasteiger partial charge in [0.1, 0.15) is 0 Å². The summed E-state index contributed by atoms with van der Waals surface area (Å²) in [6.45, 7) is 0. The molecule has 0 aliphatic carbocycles. The fourth-order valence-electron chi connectivity index (χ4n) is 3.40. The number of ketones is 1. The van der Waals surface area contributed by atoms with E-state index in [2.05, 4.69) is 0 Å². The van der Waals surface area contributed by atoms with Crippen molar-refractivity contribution in [3.63, 3.8) is 0 Å². The van der Waals surface area contributed by atoms with Gasteiger partial charge in [-0.3, -0.25) is 14.4 Å². The van der Waals surface area contributed by atoms with Crippen LogP contribution in [0.3, 0.4) is 0 Å². The van der Waals surface area contributed by atoms with E-state index in [1.54, 1.807) is 24.3 Å². The molecule has 31 heavy (non-hydrogen) atoms. The van der Waals surface area contributed by atoms with Gasteiger partial charge in [-0.1, -0.05) is 54.1 Å². The van der Waals surface area contributed by atoms with E-state index >= 15 is 0 Å². The van der Waals surface area contributed by atoms with Gasteiger partial charge in [-0.15, -0.1) is 11.3 Å². The Labute approximate surface area is 188 Å². The van der Waals surface area contributed by atoms with Crippen LogP contribution in [0.4, 0.5) is 0 Å². The number of hydrogen-bond acceptors (Lipinski definition) is 4. The summed E-state index contributed by atoms with van der Waals surface area (Å²) in [5, 5.41) is 20.1. The van der Waals surface area contributed by atoms with E-state index < -0.39 is 29.6 Å². The minimum absolute atomic E-state index is 0.131. The first-order valence-electron chi connectivity index (χ1n) is 9.71. The number of halogens is 1. The molecule has 5 nitrogen and oxygen atoms in total. The molecule has 0 aliphatic heterocycles. The van der Waals surface area contributed by atoms with Crippen molar-refractivity contribution < 1.29 is 24.6 Å². The van der Waals surface area contributed by atoms with Crippen molar-refractivity contribution in [1.29, 1.82) is 0 Å². The number of rotatable bonds is 10. The van der Waals surface area contributed by atoms with Crippen LogP contribution in [0.15, 0.2) is 66.7 Å². The molecule has 0 atom stereocenters. The zero-order valence-corrected chi connectivity index (χ0v) is 18.2. The van der Waals surface area contributed by atoms with Crippen molar-refractivity contribution in [3.8, 4) is 10.4 Å². The summed E-state index contributed by atoms with van der Waals surface area (Å²) in [6.07, 6.45) is 0.161. The second-order valence-corrected chi connectivity index (χ2v) is 8.82. The Morgan fingerprint density at radius 3 is 2.13 bits per heavy atom. The molecule has 7 heteroatoms. The van der Waals surface area contributed by atoms with E-state index in [0.29, 0.717) is 22.7 Å². The lowest BCUT2D eigenvalue weighted by molar-refractivity contribution is -0.165. The number of carboxylic acid groups (broad SMARTS) is 2. The molecule has 3 rings (SSSR count). The van der Waals surface area contributed by atoms with E-state index in [-0.39, 0.29) is 6.42 Å². The van der Waals surface area contributed by atoms with E-state index in [9.17, 15) is 24.6 Å². The zero-order valence-electron chi connectivity index (χ0n) is 16.6. The van der Waals surface area contributed by atoms with Crippen LogP contribution in [0.1, 0.15) is 34.5 Å². The summed E-state index contributed by atoms with van der Waals surface area (Å²) >= 11 is 7.11. The highest BCUT2D eigenvalue weighted by Crippen LogP contribution is 2.35. The maximum atomic E-state index is 12.9. The van der Waals surface area contributed by atoms with Gasteiger partial charge in [0.2, 0.25) is 0 Å². The molecule has 160 valence electrons. The molecular formula is C24H21ClO5S. The van der Waals surface area contributed by atoms with Crippen molar-refractivity contribution in [1.82, 2.24) is 0 Å². The molecule has 1 heterocycles. The Morgan fingerprint density at radius 2 is 1.52 bits per heavy atom. The number of hydrogen-bond donors (Lipinski definition) is 2. The Bertz CT molecular complexity index is 1060. The Balaban J connectivity index is 1.76. The van der Waals surface area contributed by atoms with Gasteiger partial charge >= 0.3 is 11.9 Å². The zero-order chi connectivity index (χ0) is 22.4. The number of Topliss-reactive ketones (excluding diaryl/α,β-unsaturated/α-hetero) is 1. The third kappa shape index (κ3) is 5.40. The van der Waals surface area contributed by atoms with Crippen LogP contribution < -0.4 is 0 Å². The molecule has 3 aromatic rings. The second-order valence-electron chi connectivity index (χ2n) is 7.30. The third-order valence-corrected chi connectivity index (χ3v) is 6.63. The van der Waals surface area contributed by atoms with Gasteiger partial charge in [0.15, 0.2) is 11.2 Å². The lowest BCUT2D eigenvalue weighted by Crippen LogP contribution is -2.41. The summed E-state index contributed by atoms with van der Waals surface area (Å²) in [5.41, 5.74) is -0.292. The van der Waals surface area contributed by atoms with E-state index in [0.717, 1.165) is 16.0 Å². The fraction of sp³-hybridized carbons (Fsp3) is 0.208. The van der Waals surface area contributed by atoms with Crippen molar-refractivity contribution in [2.45, 2.75) is 25.7 Å². The van der Waals surface area contributed by atoms with Crippen LogP contribution >= 0.6 is 22.9 Å². The van der Waals surface area contributed by atoms with Crippen molar-refractivity contribution in [3.05, 3.63) is 82.2 Å². The molecule has 1 aromatic heterocycles. The second kappa shape index (κ2) is 9.90. The molecule has 2 N–H and O–H groups in total. The monoisotopic (exact) mass is 456 g/mol. The molecule has 0 unspecified atom stereocenters. The number of thiophene rings is 1. The Kier molecular flexibility index (Phi) is 7.25. The van der Waals surface area contributed by atoms with Crippen molar-refractivity contribution in [2.75, 3.05) is 0 Å². The third-order valence-electron chi connectivity index (χ3n) is 5.20. The van der Waals surface area contributed by atoms with Gasteiger partial charge in [0.25, 0.3) is 0 Å². The molecule has 0 aliphatic rings. The summed E-state index contributed by atoms with van der Waals surface area (Å²) in [7, 11) is 0. The van der Waals surface area contributed by atoms with Gasteiger partial charge in [-0.05, 0) is 54.7 Å². The molecule has 0 spiro atoms. The summed E-state index contributed by atoms with van der Waals surface area (Å²) in [6, 6.07) is 19.9. The maximum Gasteiger partial charge on any atom is 0.321 e. The summed E-state index contributed by atoms with van der Waals surface area (Å²) in [5.74, 6) is -3.47. The average Bonchev–Trinajstić information content (AvgIpc) is 3.24. The van der Waals surface area contributed by atoms with Crippen LogP contribution in [-0.2, 0) is 16.0 Å². The number of carbonyl (C=O) groups excluding carboxylic acids is 1. The van der Waals surface area contributed by atoms with E-state index in [1.807, 2.05) is 42.5 Å². The van der Waals surface area contributed by atoms with Crippen LogP contribution in [0, 0.1) is 5.41 Å². The first kappa shape index (κ1) is 22.7. The lowest BCUT2D eigenvalue weighted by Gasteiger charge is -2.24. The number of carboxylic acids is 2. The topological polar surface area (TPSA) is 91.7 Å². The van der Waals surface area contributed by atoms with Crippen molar-refractivity contribution in [2.24, 2.45) is 5.41 Å². The van der Waals surface area contributed by atoms with Gasteiger partial charge in [-0.25, -0.2) is 0 Å². The van der Waals surface area contributed by atoms with E-state index in [1.165, 1.54) is 11.3 Å². The predicted octanol–water partition coefficient (Wildman–Crippen LogP) is 5.82. The number of carbonyl (C=O) groups is 3. The smallest absolute Gasteiger partial charge is 0.321 e. The predicted molar refractivity (Wildman–Crippen MR) is 121 cm³/mol. The van der Waals surface area contributed by atoms with Crippen molar-refractivity contribution >= 4 is 40.7 Å². The quantitative estimate of drug-likeness (QED) is 0.296. The van der Waals surface area contributed by atoms with Crippen LogP contribution in [0.25, 0.3) is 10.4 Å². The highest BCUT2D eigenvalue weighted by Gasteiger charge is 2.48. The van der Waals surface area contributed by atoms with Gasteiger partial charge in [0, 0.05) is 16.3 Å². The first-order chi connectivity index (χ1) is 14.8. The molecule has 2 aromatic carbocycles. The average molecular weight is 457 g/mol. The molecule has 0 amide bonds. The minimum Gasteiger partial charge on any atom is -0.480 e. The van der Waals surface area contributed by atoms with Gasteiger partial charge < -0.3 is 10.2 Å². The normalized spacial score (nSPS) is 11.3. The molecular weight excluding hydrogens is 436 g/mol. The highest BCUT2D eigenvalue weighted by atomic mass is 35.5.